The molecule has 0 bridgehead atoms. The molecular formula is C16H15ClN2O3S. The number of benzene rings is 2. The molecule has 1 N–H and O–H groups in total. The number of rotatable bonds is 6. The summed E-state index contributed by atoms with van der Waals surface area (Å²) in [4.78, 5) is 22.5. The highest BCUT2D eigenvalue weighted by molar-refractivity contribution is 7.99. The fraction of sp³-hybridized carbons (Fsp3) is 0.188. The van der Waals surface area contributed by atoms with Crippen LogP contribution in [0.15, 0.2) is 42.5 Å². The van der Waals surface area contributed by atoms with E-state index >= 15 is 0 Å². The predicted molar refractivity (Wildman–Crippen MR) is 94.1 cm³/mol. The number of anilines is 1. The number of halogens is 1. The molecule has 1 amide bonds. The van der Waals surface area contributed by atoms with Crippen molar-refractivity contribution in [2.45, 2.75) is 12.7 Å². The number of nitro benzene ring substituents is 1. The van der Waals surface area contributed by atoms with E-state index in [-0.39, 0.29) is 23.0 Å². The summed E-state index contributed by atoms with van der Waals surface area (Å²) in [7, 11) is 0. The fourth-order valence-corrected chi connectivity index (χ4v) is 3.07. The Morgan fingerprint density at radius 2 is 2.04 bits per heavy atom. The first-order valence-corrected chi connectivity index (χ1v) is 8.36. The van der Waals surface area contributed by atoms with Crippen LogP contribution in [0.5, 0.6) is 0 Å². The number of carbonyl (C=O) groups excluding carboxylic acids is 1. The maximum atomic E-state index is 12.0. The zero-order valence-electron chi connectivity index (χ0n) is 12.4. The Hall–Kier alpha value is -2.05. The number of hydrogen-bond donors (Lipinski definition) is 1. The Balaban J connectivity index is 1.93. The van der Waals surface area contributed by atoms with Crippen molar-refractivity contribution in [2.75, 3.05) is 11.1 Å². The van der Waals surface area contributed by atoms with Crippen LogP contribution in [0, 0.1) is 17.0 Å². The van der Waals surface area contributed by atoms with Crippen LogP contribution in [0.3, 0.4) is 0 Å². The first-order chi connectivity index (χ1) is 11.0. The third-order valence-corrected chi connectivity index (χ3v) is 4.42. The van der Waals surface area contributed by atoms with E-state index in [9.17, 15) is 14.9 Å². The van der Waals surface area contributed by atoms with Crippen molar-refractivity contribution in [1.29, 1.82) is 0 Å². The lowest BCUT2D eigenvalue weighted by atomic mass is 10.2. The second kappa shape index (κ2) is 7.99. The molecule has 0 spiro atoms. The lowest BCUT2D eigenvalue weighted by molar-refractivity contribution is -0.384. The van der Waals surface area contributed by atoms with E-state index in [1.807, 2.05) is 18.2 Å². The maximum absolute atomic E-state index is 12.0. The molecule has 0 aliphatic carbocycles. The van der Waals surface area contributed by atoms with Gasteiger partial charge in [0.2, 0.25) is 5.91 Å². The molecule has 120 valence electrons. The van der Waals surface area contributed by atoms with E-state index in [4.69, 9.17) is 11.6 Å². The van der Waals surface area contributed by atoms with Gasteiger partial charge in [-0.3, -0.25) is 14.9 Å². The minimum Gasteiger partial charge on any atom is -0.320 e. The number of nitro groups is 1. The minimum absolute atomic E-state index is 0.102. The molecule has 0 radical (unpaired) electrons. The van der Waals surface area contributed by atoms with Crippen LogP contribution >= 0.6 is 23.4 Å². The Morgan fingerprint density at radius 3 is 2.74 bits per heavy atom. The largest absolute Gasteiger partial charge is 0.320 e. The highest BCUT2D eigenvalue weighted by atomic mass is 35.5. The summed E-state index contributed by atoms with van der Waals surface area (Å²) in [5, 5.41) is 14.3. The SMILES string of the molecule is Cc1ccc(NC(=O)CSCc2ccccc2Cl)c([N+](=O)[O-])c1. The average molecular weight is 351 g/mol. The van der Waals surface area contributed by atoms with Crippen LogP contribution in [0.2, 0.25) is 5.02 Å². The van der Waals surface area contributed by atoms with E-state index in [1.54, 1.807) is 25.1 Å². The smallest absolute Gasteiger partial charge is 0.293 e. The van der Waals surface area contributed by atoms with Gasteiger partial charge in [-0.2, -0.15) is 0 Å². The molecule has 2 rings (SSSR count). The molecule has 0 unspecified atom stereocenters. The van der Waals surface area contributed by atoms with Crippen LogP contribution < -0.4 is 5.32 Å². The third-order valence-electron chi connectivity index (χ3n) is 3.07. The molecule has 0 aromatic heterocycles. The standard InChI is InChI=1S/C16H15ClN2O3S/c1-11-6-7-14(15(8-11)19(21)22)18-16(20)10-23-9-12-4-2-3-5-13(12)17/h2-8H,9-10H2,1H3,(H,18,20). The summed E-state index contributed by atoms with van der Waals surface area (Å²) < 4.78 is 0. The molecule has 5 nitrogen and oxygen atoms in total. The van der Waals surface area contributed by atoms with E-state index in [0.29, 0.717) is 10.8 Å². The van der Waals surface area contributed by atoms with Crippen molar-refractivity contribution in [2.24, 2.45) is 0 Å². The van der Waals surface area contributed by atoms with Crippen molar-refractivity contribution in [3.63, 3.8) is 0 Å². The molecule has 0 saturated heterocycles. The first-order valence-electron chi connectivity index (χ1n) is 6.83. The van der Waals surface area contributed by atoms with Gasteiger partial charge < -0.3 is 5.32 Å². The van der Waals surface area contributed by atoms with E-state index in [0.717, 1.165) is 11.1 Å². The van der Waals surface area contributed by atoms with Gasteiger partial charge in [0.15, 0.2) is 0 Å². The zero-order valence-corrected chi connectivity index (χ0v) is 14.0. The van der Waals surface area contributed by atoms with Crippen molar-refractivity contribution in [1.82, 2.24) is 0 Å². The lowest BCUT2D eigenvalue weighted by Crippen LogP contribution is -2.15. The highest BCUT2D eigenvalue weighted by Gasteiger charge is 2.15. The van der Waals surface area contributed by atoms with E-state index in [2.05, 4.69) is 5.32 Å². The molecule has 2 aromatic carbocycles. The number of nitrogens with one attached hydrogen (secondary N) is 1. The number of hydrogen-bond acceptors (Lipinski definition) is 4. The maximum Gasteiger partial charge on any atom is 0.293 e. The number of amides is 1. The second-order valence-corrected chi connectivity index (χ2v) is 6.30. The van der Waals surface area contributed by atoms with Gasteiger partial charge in [0.25, 0.3) is 5.69 Å². The Bertz CT molecular complexity index is 737. The van der Waals surface area contributed by atoms with Crippen LogP contribution in [0.1, 0.15) is 11.1 Å². The third kappa shape index (κ3) is 4.97. The molecule has 0 atom stereocenters. The monoisotopic (exact) mass is 350 g/mol. The molecule has 0 aliphatic heterocycles. The van der Waals surface area contributed by atoms with Crippen LogP contribution in [-0.4, -0.2) is 16.6 Å². The molecule has 2 aromatic rings. The summed E-state index contributed by atoms with van der Waals surface area (Å²) in [6.07, 6.45) is 0. The summed E-state index contributed by atoms with van der Waals surface area (Å²) in [5.41, 5.74) is 1.83. The summed E-state index contributed by atoms with van der Waals surface area (Å²) in [5.74, 6) is 0.508. The van der Waals surface area contributed by atoms with E-state index in [1.165, 1.54) is 17.8 Å². The number of carbonyl (C=O) groups is 1. The molecule has 0 saturated carbocycles. The number of aryl methyl sites for hydroxylation is 1. The van der Waals surface area contributed by atoms with Crippen LogP contribution in [-0.2, 0) is 10.5 Å². The van der Waals surface area contributed by atoms with Gasteiger partial charge in [-0.15, -0.1) is 11.8 Å². The molecule has 0 heterocycles. The first kappa shape index (κ1) is 17.3. The number of nitrogens with zero attached hydrogens (tertiary/aromatic N) is 1. The predicted octanol–water partition coefficient (Wildman–Crippen LogP) is 4.43. The molecular weight excluding hydrogens is 336 g/mol. The van der Waals surface area contributed by atoms with Crippen molar-refractivity contribution in [3.8, 4) is 0 Å². The van der Waals surface area contributed by atoms with Crippen LogP contribution in [0.4, 0.5) is 11.4 Å². The quantitative estimate of drug-likeness (QED) is 0.618. The normalized spacial score (nSPS) is 10.3. The summed E-state index contributed by atoms with van der Waals surface area (Å²) in [6, 6.07) is 12.1. The minimum atomic E-state index is -0.500. The topological polar surface area (TPSA) is 72.2 Å². The lowest BCUT2D eigenvalue weighted by Gasteiger charge is -2.07. The summed E-state index contributed by atoms with van der Waals surface area (Å²) in [6.45, 7) is 1.76. The second-order valence-electron chi connectivity index (χ2n) is 4.91. The van der Waals surface area contributed by atoms with Gasteiger partial charge >= 0.3 is 0 Å². The Morgan fingerprint density at radius 1 is 1.30 bits per heavy atom. The van der Waals surface area contributed by atoms with Crippen molar-refractivity contribution in [3.05, 3.63) is 68.7 Å². The molecule has 0 aliphatic rings. The fourth-order valence-electron chi connectivity index (χ4n) is 1.95. The van der Waals surface area contributed by atoms with Crippen LogP contribution in [0.25, 0.3) is 0 Å². The zero-order chi connectivity index (χ0) is 16.8. The van der Waals surface area contributed by atoms with Crippen molar-refractivity contribution >= 4 is 40.6 Å². The molecule has 0 fully saturated rings. The summed E-state index contributed by atoms with van der Waals surface area (Å²) >= 11 is 7.45. The molecule has 7 heteroatoms. The molecule has 23 heavy (non-hydrogen) atoms. The van der Waals surface area contributed by atoms with Gasteiger partial charge in [-0.1, -0.05) is 35.9 Å². The highest BCUT2D eigenvalue weighted by Crippen LogP contribution is 2.26. The average Bonchev–Trinajstić information content (AvgIpc) is 2.51. The van der Waals surface area contributed by atoms with Gasteiger partial charge in [-0.05, 0) is 30.2 Å². The van der Waals surface area contributed by atoms with Gasteiger partial charge in [0.05, 0.1) is 10.7 Å². The van der Waals surface area contributed by atoms with Crippen molar-refractivity contribution < 1.29 is 9.72 Å². The Labute approximate surface area is 143 Å². The van der Waals surface area contributed by atoms with Gasteiger partial charge in [-0.25, -0.2) is 0 Å². The van der Waals surface area contributed by atoms with E-state index < -0.39 is 4.92 Å². The van der Waals surface area contributed by atoms with Gasteiger partial charge in [0, 0.05) is 16.8 Å². The van der Waals surface area contributed by atoms with Gasteiger partial charge in [0.1, 0.15) is 5.69 Å². The number of thioether (sulfide) groups is 1. The Kier molecular flexibility index (Phi) is 6.01.